The molecule has 2 aromatic rings. The molecular weight excluding hydrogens is 174 g/mol. The molecule has 0 aliphatic heterocycles. The van der Waals surface area contributed by atoms with Gasteiger partial charge in [0.25, 0.3) is 0 Å². The molecule has 0 spiro atoms. The minimum atomic E-state index is -0.784. The van der Waals surface area contributed by atoms with Crippen molar-refractivity contribution in [3.8, 4) is 0 Å². The smallest absolute Gasteiger partial charge is 0.0847 e. The minimum Gasteiger partial charge on any atom is -0.386 e. The number of hydrogen-bond acceptors (Lipinski definition) is 1. The second-order valence-electron chi connectivity index (χ2n) is 4.28. The van der Waals surface area contributed by atoms with Crippen LogP contribution in [0.15, 0.2) is 24.3 Å². The summed E-state index contributed by atoms with van der Waals surface area (Å²) in [7, 11) is 0. The van der Waals surface area contributed by atoms with E-state index in [2.05, 4.69) is 11.1 Å². The van der Waals surface area contributed by atoms with Crippen LogP contribution in [-0.4, -0.2) is 10.1 Å². The predicted molar refractivity (Wildman–Crippen MR) is 58.3 cm³/mol. The SMILES string of the molecule is Cc1cc2c(C(C)(C)O)cccc2[nH]1. The number of benzene rings is 1. The molecule has 0 amide bonds. The van der Waals surface area contributed by atoms with Gasteiger partial charge in [0.05, 0.1) is 5.60 Å². The minimum absolute atomic E-state index is 0.784. The maximum Gasteiger partial charge on any atom is 0.0847 e. The second kappa shape index (κ2) is 2.85. The van der Waals surface area contributed by atoms with E-state index in [0.717, 1.165) is 22.2 Å². The van der Waals surface area contributed by atoms with Crippen molar-refractivity contribution >= 4 is 10.9 Å². The summed E-state index contributed by atoms with van der Waals surface area (Å²) in [5.41, 5.74) is 2.40. The summed E-state index contributed by atoms with van der Waals surface area (Å²) < 4.78 is 0. The number of nitrogens with one attached hydrogen (secondary N) is 1. The number of fused-ring (bicyclic) bond motifs is 1. The summed E-state index contributed by atoms with van der Waals surface area (Å²) in [6, 6.07) is 8.03. The van der Waals surface area contributed by atoms with Crippen molar-refractivity contribution in [2.75, 3.05) is 0 Å². The molecule has 1 aromatic heterocycles. The number of aryl methyl sites for hydroxylation is 1. The lowest BCUT2D eigenvalue weighted by molar-refractivity contribution is 0.0802. The number of aromatic amines is 1. The Hall–Kier alpha value is -1.28. The number of H-pyrrole nitrogens is 1. The van der Waals surface area contributed by atoms with Crippen LogP contribution in [0.5, 0.6) is 0 Å². The highest BCUT2D eigenvalue weighted by Crippen LogP contribution is 2.28. The van der Waals surface area contributed by atoms with E-state index in [9.17, 15) is 5.11 Å². The molecule has 0 radical (unpaired) electrons. The largest absolute Gasteiger partial charge is 0.386 e. The lowest BCUT2D eigenvalue weighted by Crippen LogP contribution is -2.15. The van der Waals surface area contributed by atoms with Crippen molar-refractivity contribution in [3.05, 3.63) is 35.5 Å². The zero-order valence-electron chi connectivity index (χ0n) is 8.76. The first-order valence-corrected chi connectivity index (χ1v) is 4.79. The Kier molecular flexibility index (Phi) is 1.89. The van der Waals surface area contributed by atoms with E-state index in [1.807, 2.05) is 39.0 Å². The van der Waals surface area contributed by atoms with E-state index in [0.29, 0.717) is 0 Å². The number of hydrogen-bond donors (Lipinski definition) is 2. The lowest BCUT2D eigenvalue weighted by Gasteiger charge is -2.18. The van der Waals surface area contributed by atoms with Gasteiger partial charge in [0.15, 0.2) is 0 Å². The second-order valence-corrected chi connectivity index (χ2v) is 4.28. The third kappa shape index (κ3) is 1.42. The molecule has 0 aliphatic carbocycles. The van der Waals surface area contributed by atoms with Gasteiger partial charge in [-0.2, -0.15) is 0 Å². The first-order chi connectivity index (χ1) is 6.48. The molecule has 0 unspecified atom stereocenters. The summed E-state index contributed by atoms with van der Waals surface area (Å²) in [4.78, 5) is 3.26. The van der Waals surface area contributed by atoms with Gasteiger partial charge in [-0.3, -0.25) is 0 Å². The molecule has 74 valence electrons. The van der Waals surface area contributed by atoms with Gasteiger partial charge in [0, 0.05) is 16.6 Å². The quantitative estimate of drug-likeness (QED) is 0.711. The van der Waals surface area contributed by atoms with Gasteiger partial charge in [0.1, 0.15) is 0 Å². The molecule has 0 aliphatic rings. The Morgan fingerprint density at radius 2 is 2.00 bits per heavy atom. The zero-order chi connectivity index (χ0) is 10.3. The first kappa shape index (κ1) is 9.28. The molecule has 2 rings (SSSR count). The van der Waals surface area contributed by atoms with Gasteiger partial charge < -0.3 is 10.1 Å². The van der Waals surface area contributed by atoms with Crippen LogP contribution in [0, 0.1) is 6.92 Å². The fourth-order valence-corrected chi connectivity index (χ4v) is 1.83. The van der Waals surface area contributed by atoms with Crippen LogP contribution >= 0.6 is 0 Å². The number of rotatable bonds is 1. The van der Waals surface area contributed by atoms with Crippen LogP contribution in [0.4, 0.5) is 0 Å². The average Bonchev–Trinajstić information content (AvgIpc) is 2.41. The van der Waals surface area contributed by atoms with Gasteiger partial charge in [-0.25, -0.2) is 0 Å². The normalized spacial score (nSPS) is 12.3. The summed E-state index contributed by atoms with van der Waals surface area (Å²) in [6.07, 6.45) is 0. The topological polar surface area (TPSA) is 36.0 Å². The average molecular weight is 189 g/mol. The summed E-state index contributed by atoms with van der Waals surface area (Å²) in [6.45, 7) is 5.64. The standard InChI is InChI=1S/C12H15NO/c1-8-7-9-10(12(2,3)14)5-4-6-11(9)13-8/h4-7,13-14H,1-3H3. The molecule has 0 fully saturated rings. The van der Waals surface area contributed by atoms with Crippen LogP contribution in [0.1, 0.15) is 25.1 Å². The fraction of sp³-hybridized carbons (Fsp3) is 0.333. The fourth-order valence-electron chi connectivity index (χ4n) is 1.83. The molecule has 2 N–H and O–H groups in total. The van der Waals surface area contributed by atoms with Crippen LogP contribution in [0.25, 0.3) is 10.9 Å². The van der Waals surface area contributed by atoms with Crippen LogP contribution in [0.3, 0.4) is 0 Å². The van der Waals surface area contributed by atoms with E-state index in [4.69, 9.17) is 0 Å². The Morgan fingerprint density at radius 1 is 1.29 bits per heavy atom. The third-order valence-corrected chi connectivity index (χ3v) is 2.46. The Morgan fingerprint density at radius 3 is 2.64 bits per heavy atom. The predicted octanol–water partition coefficient (Wildman–Crippen LogP) is 2.70. The molecule has 2 nitrogen and oxygen atoms in total. The van der Waals surface area contributed by atoms with Crippen LogP contribution in [-0.2, 0) is 5.60 Å². The van der Waals surface area contributed by atoms with Gasteiger partial charge in [-0.05, 0) is 38.5 Å². The van der Waals surface area contributed by atoms with E-state index in [1.54, 1.807) is 0 Å². The van der Waals surface area contributed by atoms with Crippen molar-refractivity contribution in [2.24, 2.45) is 0 Å². The maximum absolute atomic E-state index is 9.98. The van der Waals surface area contributed by atoms with Gasteiger partial charge in [-0.15, -0.1) is 0 Å². The van der Waals surface area contributed by atoms with E-state index in [1.165, 1.54) is 0 Å². The van der Waals surface area contributed by atoms with Crippen LogP contribution < -0.4 is 0 Å². The number of aromatic nitrogens is 1. The Balaban J connectivity index is 2.77. The zero-order valence-corrected chi connectivity index (χ0v) is 8.76. The van der Waals surface area contributed by atoms with Crippen molar-refractivity contribution in [1.29, 1.82) is 0 Å². The summed E-state index contributed by atoms with van der Waals surface area (Å²) in [5, 5.41) is 11.1. The molecule has 2 heteroatoms. The molecule has 0 bridgehead atoms. The highest BCUT2D eigenvalue weighted by Gasteiger charge is 2.18. The lowest BCUT2D eigenvalue weighted by atomic mass is 9.95. The Labute approximate surface area is 83.6 Å². The molecular formula is C12H15NO. The van der Waals surface area contributed by atoms with E-state index < -0.39 is 5.60 Å². The maximum atomic E-state index is 9.98. The van der Waals surface area contributed by atoms with Crippen molar-refractivity contribution in [3.63, 3.8) is 0 Å². The van der Waals surface area contributed by atoms with E-state index >= 15 is 0 Å². The molecule has 0 saturated carbocycles. The van der Waals surface area contributed by atoms with Crippen molar-refractivity contribution in [2.45, 2.75) is 26.4 Å². The molecule has 0 atom stereocenters. The number of aliphatic hydroxyl groups is 1. The van der Waals surface area contributed by atoms with Gasteiger partial charge in [-0.1, -0.05) is 12.1 Å². The van der Waals surface area contributed by atoms with Gasteiger partial charge in [0.2, 0.25) is 0 Å². The molecule has 0 saturated heterocycles. The monoisotopic (exact) mass is 189 g/mol. The van der Waals surface area contributed by atoms with Crippen LogP contribution in [0.2, 0.25) is 0 Å². The first-order valence-electron chi connectivity index (χ1n) is 4.79. The molecule has 1 aromatic carbocycles. The summed E-state index contributed by atoms with van der Waals surface area (Å²) in [5.74, 6) is 0. The summed E-state index contributed by atoms with van der Waals surface area (Å²) >= 11 is 0. The highest BCUT2D eigenvalue weighted by molar-refractivity contribution is 5.84. The highest BCUT2D eigenvalue weighted by atomic mass is 16.3. The Bertz CT molecular complexity index is 463. The van der Waals surface area contributed by atoms with E-state index in [-0.39, 0.29) is 0 Å². The van der Waals surface area contributed by atoms with Crippen molar-refractivity contribution in [1.82, 2.24) is 4.98 Å². The third-order valence-electron chi connectivity index (χ3n) is 2.46. The molecule has 1 heterocycles. The molecule has 14 heavy (non-hydrogen) atoms. The van der Waals surface area contributed by atoms with Gasteiger partial charge >= 0.3 is 0 Å². The van der Waals surface area contributed by atoms with Crippen molar-refractivity contribution < 1.29 is 5.11 Å².